The number of nitrogens with zero attached hydrogens (tertiary/aromatic N) is 2. The van der Waals surface area contributed by atoms with Crippen molar-refractivity contribution in [2.24, 2.45) is 0 Å². The molecule has 23 heavy (non-hydrogen) atoms. The van der Waals surface area contributed by atoms with Crippen LogP contribution < -0.4 is 0 Å². The van der Waals surface area contributed by atoms with Crippen LogP contribution in [0.1, 0.15) is 10.4 Å². The monoisotopic (exact) mass is 306 g/mol. The molecule has 0 atom stereocenters. The fourth-order valence-corrected chi connectivity index (χ4v) is 2.51. The first-order valence-corrected chi connectivity index (χ1v) is 6.78. The zero-order valence-electron chi connectivity index (χ0n) is 12.2. The molecule has 0 saturated heterocycles. The molecule has 3 aromatic rings. The van der Waals surface area contributed by atoms with E-state index in [1.165, 1.54) is 19.4 Å². The molecule has 3 rings (SSSR count). The lowest BCUT2D eigenvalue weighted by atomic mass is 9.95. The summed E-state index contributed by atoms with van der Waals surface area (Å²) in [4.78, 5) is 19.0. The van der Waals surface area contributed by atoms with Gasteiger partial charge >= 0.3 is 5.97 Å². The Morgan fingerprint density at radius 3 is 2.74 bits per heavy atom. The smallest absolute Gasteiger partial charge is 0.337 e. The van der Waals surface area contributed by atoms with Crippen molar-refractivity contribution in [3.63, 3.8) is 0 Å². The first kappa shape index (κ1) is 14.7. The van der Waals surface area contributed by atoms with E-state index in [4.69, 9.17) is 11.3 Å². The van der Waals surface area contributed by atoms with Gasteiger partial charge in [0.1, 0.15) is 5.82 Å². The molecule has 1 aromatic heterocycles. The van der Waals surface area contributed by atoms with Gasteiger partial charge in [-0.15, -0.1) is 0 Å². The number of carbonyl (C=O) groups excluding carboxylic acids is 1. The summed E-state index contributed by atoms with van der Waals surface area (Å²) in [5, 5.41) is 1.42. The fraction of sp³-hybridized carbons (Fsp3) is 0.0556. The predicted molar refractivity (Wildman–Crippen MR) is 84.7 cm³/mol. The number of hydrogen-bond acceptors (Lipinski definition) is 3. The first-order chi connectivity index (χ1) is 11.2. The number of hydrogen-bond donors (Lipinski definition) is 0. The van der Waals surface area contributed by atoms with E-state index in [2.05, 4.69) is 9.83 Å². The minimum Gasteiger partial charge on any atom is -0.465 e. The zero-order chi connectivity index (χ0) is 16.4. The third-order valence-corrected chi connectivity index (χ3v) is 3.58. The minimum atomic E-state index is -0.520. The summed E-state index contributed by atoms with van der Waals surface area (Å²) in [7, 11) is 1.30. The van der Waals surface area contributed by atoms with Crippen LogP contribution in [0.2, 0.25) is 0 Å². The lowest BCUT2D eigenvalue weighted by molar-refractivity contribution is 0.0601. The number of pyridine rings is 1. The van der Waals surface area contributed by atoms with Crippen LogP contribution in [0.3, 0.4) is 0 Å². The third-order valence-electron chi connectivity index (χ3n) is 3.58. The van der Waals surface area contributed by atoms with Crippen molar-refractivity contribution in [3.05, 3.63) is 71.6 Å². The Morgan fingerprint density at radius 1 is 1.26 bits per heavy atom. The van der Waals surface area contributed by atoms with E-state index in [0.717, 1.165) is 11.6 Å². The van der Waals surface area contributed by atoms with Gasteiger partial charge in [-0.05, 0) is 34.5 Å². The van der Waals surface area contributed by atoms with Crippen LogP contribution in [-0.2, 0) is 4.74 Å². The molecule has 0 fully saturated rings. The van der Waals surface area contributed by atoms with Gasteiger partial charge < -0.3 is 4.74 Å². The Hall–Kier alpha value is -3.26. The average Bonchev–Trinajstić information content (AvgIpc) is 2.60. The van der Waals surface area contributed by atoms with Crippen molar-refractivity contribution in [3.8, 4) is 11.1 Å². The number of fused-ring (bicyclic) bond motifs is 1. The van der Waals surface area contributed by atoms with Crippen molar-refractivity contribution >= 4 is 22.4 Å². The van der Waals surface area contributed by atoms with Crippen LogP contribution in [0.4, 0.5) is 10.1 Å². The second kappa shape index (κ2) is 5.85. The van der Waals surface area contributed by atoms with Gasteiger partial charge in [-0.25, -0.2) is 14.0 Å². The Balaban J connectivity index is 2.40. The lowest BCUT2D eigenvalue weighted by Gasteiger charge is -2.11. The van der Waals surface area contributed by atoms with Crippen LogP contribution in [-0.4, -0.2) is 18.1 Å². The van der Waals surface area contributed by atoms with Crippen molar-refractivity contribution < 1.29 is 13.9 Å². The highest BCUT2D eigenvalue weighted by Gasteiger charge is 2.15. The number of benzene rings is 2. The standard InChI is InChI=1S/C18H11FN2O2/c1-20-16-6-5-11-3-4-12(18(22)23-2)9-14(11)17(16)13-7-8-21-10-15(13)19/h3-10H,2H3. The average molecular weight is 306 g/mol. The molecule has 4 nitrogen and oxygen atoms in total. The summed E-state index contributed by atoms with van der Waals surface area (Å²) in [6.07, 6.45) is 2.57. The van der Waals surface area contributed by atoms with Gasteiger partial charge in [-0.1, -0.05) is 18.2 Å². The fourth-order valence-electron chi connectivity index (χ4n) is 2.51. The highest BCUT2D eigenvalue weighted by Crippen LogP contribution is 2.38. The molecular weight excluding hydrogens is 295 g/mol. The molecule has 0 amide bonds. The van der Waals surface area contributed by atoms with E-state index in [1.54, 1.807) is 30.3 Å². The summed E-state index contributed by atoms with van der Waals surface area (Å²) >= 11 is 0. The van der Waals surface area contributed by atoms with Gasteiger partial charge in [0.15, 0.2) is 5.69 Å². The van der Waals surface area contributed by atoms with Gasteiger partial charge in [-0.2, -0.15) is 0 Å². The van der Waals surface area contributed by atoms with E-state index in [1.807, 2.05) is 0 Å². The number of rotatable bonds is 2. The maximum absolute atomic E-state index is 14.2. The highest BCUT2D eigenvalue weighted by molar-refractivity contribution is 6.06. The molecule has 0 N–H and O–H groups in total. The third kappa shape index (κ3) is 2.51. The summed E-state index contributed by atoms with van der Waals surface area (Å²) in [5.41, 5.74) is 1.38. The van der Waals surface area contributed by atoms with Crippen LogP contribution in [0.15, 0.2) is 48.8 Å². The second-order valence-corrected chi connectivity index (χ2v) is 4.85. The minimum absolute atomic E-state index is 0.276. The highest BCUT2D eigenvalue weighted by atomic mass is 19.1. The number of aromatic nitrogens is 1. The normalized spacial score (nSPS) is 10.3. The van der Waals surface area contributed by atoms with Gasteiger partial charge in [0, 0.05) is 11.8 Å². The number of esters is 1. The van der Waals surface area contributed by atoms with Crippen molar-refractivity contribution in [1.82, 2.24) is 4.98 Å². The Labute approximate surface area is 132 Å². The van der Waals surface area contributed by atoms with Gasteiger partial charge in [0.25, 0.3) is 0 Å². The molecule has 0 aliphatic rings. The van der Waals surface area contributed by atoms with E-state index in [9.17, 15) is 9.18 Å². The van der Waals surface area contributed by atoms with E-state index < -0.39 is 11.8 Å². The molecule has 0 aliphatic carbocycles. The Kier molecular flexibility index (Phi) is 3.73. The molecule has 0 bridgehead atoms. The molecule has 0 spiro atoms. The molecular formula is C18H11FN2O2. The molecule has 0 unspecified atom stereocenters. The number of carbonyl (C=O) groups is 1. The second-order valence-electron chi connectivity index (χ2n) is 4.85. The van der Waals surface area contributed by atoms with Gasteiger partial charge in [0.05, 0.1) is 25.4 Å². The predicted octanol–water partition coefficient (Wildman–Crippen LogP) is 4.38. The summed E-state index contributed by atoms with van der Waals surface area (Å²) in [5.74, 6) is -1.00. The Bertz CT molecular complexity index is 961. The molecule has 1 heterocycles. The van der Waals surface area contributed by atoms with Crippen LogP contribution in [0.5, 0.6) is 0 Å². The van der Waals surface area contributed by atoms with E-state index in [-0.39, 0.29) is 5.56 Å². The SMILES string of the molecule is [C-]#[N+]c1ccc2ccc(C(=O)OC)cc2c1-c1ccncc1F. The Morgan fingerprint density at radius 2 is 2.04 bits per heavy atom. The summed E-state index contributed by atoms with van der Waals surface area (Å²) < 4.78 is 18.9. The van der Waals surface area contributed by atoms with Gasteiger partial charge in [-0.3, -0.25) is 4.98 Å². The summed E-state index contributed by atoms with van der Waals surface area (Å²) in [6, 6.07) is 9.93. The van der Waals surface area contributed by atoms with E-state index >= 15 is 0 Å². The number of halogens is 1. The zero-order valence-corrected chi connectivity index (χ0v) is 12.2. The van der Waals surface area contributed by atoms with Gasteiger partial charge in [0.2, 0.25) is 0 Å². The van der Waals surface area contributed by atoms with Crippen molar-refractivity contribution in [2.45, 2.75) is 0 Å². The largest absolute Gasteiger partial charge is 0.465 e. The maximum Gasteiger partial charge on any atom is 0.337 e. The number of methoxy groups -OCH3 is 1. The van der Waals surface area contributed by atoms with Crippen molar-refractivity contribution in [2.75, 3.05) is 7.11 Å². The van der Waals surface area contributed by atoms with Crippen LogP contribution >= 0.6 is 0 Å². The molecule has 5 heteroatoms. The van der Waals surface area contributed by atoms with Crippen LogP contribution in [0.25, 0.3) is 26.7 Å². The summed E-state index contributed by atoms with van der Waals surface area (Å²) in [6.45, 7) is 7.35. The maximum atomic E-state index is 14.2. The lowest BCUT2D eigenvalue weighted by Crippen LogP contribution is -2.00. The topological polar surface area (TPSA) is 43.5 Å². The van der Waals surface area contributed by atoms with Crippen molar-refractivity contribution in [1.29, 1.82) is 0 Å². The molecule has 0 aliphatic heterocycles. The molecule has 112 valence electrons. The molecule has 2 aromatic carbocycles. The van der Waals surface area contributed by atoms with E-state index in [0.29, 0.717) is 22.2 Å². The quantitative estimate of drug-likeness (QED) is 0.521. The first-order valence-electron chi connectivity index (χ1n) is 6.78. The molecule has 0 radical (unpaired) electrons. The number of ether oxygens (including phenoxy) is 1. The van der Waals surface area contributed by atoms with Crippen LogP contribution in [0, 0.1) is 12.4 Å². The molecule has 0 saturated carbocycles.